The molecule has 0 radical (unpaired) electrons. The van der Waals surface area contributed by atoms with Gasteiger partial charge < -0.3 is 14.8 Å². The first-order chi connectivity index (χ1) is 10.9. The van der Waals surface area contributed by atoms with Crippen LogP contribution in [0.5, 0.6) is 0 Å². The van der Waals surface area contributed by atoms with Crippen LogP contribution in [0.1, 0.15) is 29.3 Å². The highest BCUT2D eigenvalue weighted by molar-refractivity contribution is 5.87. The van der Waals surface area contributed by atoms with Gasteiger partial charge in [-0.25, -0.2) is 4.79 Å². The number of pyridine rings is 1. The van der Waals surface area contributed by atoms with E-state index >= 15 is 0 Å². The van der Waals surface area contributed by atoms with Crippen molar-refractivity contribution in [2.75, 3.05) is 0 Å². The molecule has 2 aromatic rings. The zero-order valence-corrected chi connectivity index (χ0v) is 12.7. The van der Waals surface area contributed by atoms with Crippen LogP contribution in [-0.4, -0.2) is 26.7 Å². The van der Waals surface area contributed by atoms with Crippen LogP contribution in [0.2, 0.25) is 0 Å². The standard InChI is InChI=1S/C17H17NO5/c1-2-11-3-5-12(6-4-11)14-8-7-13(17(22)23)16(21)18(14)10-9-15(19)20/h3-8H,2,9-10H2,1H3,(H,19,20)(H,22,23). The normalized spacial score (nSPS) is 10.5. The van der Waals surface area contributed by atoms with E-state index in [9.17, 15) is 14.4 Å². The van der Waals surface area contributed by atoms with Gasteiger partial charge in [0.2, 0.25) is 0 Å². The Labute approximate surface area is 132 Å². The number of aryl methyl sites for hydroxylation is 1. The second-order valence-corrected chi connectivity index (χ2v) is 5.09. The molecule has 2 N–H and O–H groups in total. The monoisotopic (exact) mass is 315 g/mol. The number of carboxylic acid groups (broad SMARTS) is 2. The fraction of sp³-hybridized carbons (Fsp3) is 0.235. The number of hydrogen-bond acceptors (Lipinski definition) is 3. The van der Waals surface area contributed by atoms with E-state index in [1.807, 2.05) is 31.2 Å². The zero-order chi connectivity index (χ0) is 17.0. The van der Waals surface area contributed by atoms with Crippen LogP contribution >= 0.6 is 0 Å². The fourth-order valence-corrected chi connectivity index (χ4v) is 2.33. The van der Waals surface area contributed by atoms with Gasteiger partial charge in [0.25, 0.3) is 5.56 Å². The molecule has 0 saturated carbocycles. The first kappa shape index (κ1) is 16.5. The van der Waals surface area contributed by atoms with E-state index < -0.39 is 17.5 Å². The molecule has 6 heteroatoms. The van der Waals surface area contributed by atoms with E-state index in [2.05, 4.69) is 0 Å². The van der Waals surface area contributed by atoms with E-state index in [0.29, 0.717) is 5.69 Å². The van der Waals surface area contributed by atoms with Gasteiger partial charge in [0.05, 0.1) is 12.1 Å². The maximum Gasteiger partial charge on any atom is 0.341 e. The molecule has 0 aliphatic heterocycles. The highest BCUT2D eigenvalue weighted by Crippen LogP contribution is 2.20. The maximum atomic E-state index is 12.3. The molecule has 1 heterocycles. The Balaban J connectivity index is 2.56. The van der Waals surface area contributed by atoms with Gasteiger partial charge in [0.15, 0.2) is 0 Å². The molecule has 120 valence electrons. The molecule has 0 bridgehead atoms. The number of rotatable bonds is 6. The average Bonchev–Trinajstić information content (AvgIpc) is 2.53. The van der Waals surface area contributed by atoms with Crippen LogP contribution in [0.4, 0.5) is 0 Å². The average molecular weight is 315 g/mol. The zero-order valence-electron chi connectivity index (χ0n) is 12.7. The molecule has 1 aromatic carbocycles. The van der Waals surface area contributed by atoms with E-state index in [0.717, 1.165) is 17.5 Å². The number of aliphatic carboxylic acids is 1. The summed E-state index contributed by atoms with van der Waals surface area (Å²) in [6, 6.07) is 10.3. The number of benzene rings is 1. The number of carbonyl (C=O) groups is 2. The molecule has 2 rings (SSSR count). The van der Waals surface area contributed by atoms with Crippen LogP contribution in [0.15, 0.2) is 41.2 Å². The maximum absolute atomic E-state index is 12.3. The Kier molecular flexibility index (Phi) is 4.95. The van der Waals surface area contributed by atoms with Gasteiger partial charge in [-0.3, -0.25) is 9.59 Å². The lowest BCUT2D eigenvalue weighted by atomic mass is 10.1. The van der Waals surface area contributed by atoms with E-state index in [1.165, 1.54) is 16.7 Å². The van der Waals surface area contributed by atoms with E-state index in [1.54, 1.807) is 0 Å². The summed E-state index contributed by atoms with van der Waals surface area (Å²) >= 11 is 0. The molecule has 1 aromatic heterocycles. The summed E-state index contributed by atoms with van der Waals surface area (Å²) in [4.78, 5) is 34.2. The second-order valence-electron chi connectivity index (χ2n) is 5.09. The van der Waals surface area contributed by atoms with Gasteiger partial charge in [0.1, 0.15) is 5.56 Å². The molecule has 0 saturated heterocycles. The van der Waals surface area contributed by atoms with Gasteiger partial charge in [-0.05, 0) is 29.7 Å². The van der Waals surface area contributed by atoms with E-state index in [-0.39, 0.29) is 18.5 Å². The van der Waals surface area contributed by atoms with Crippen molar-refractivity contribution in [1.82, 2.24) is 4.57 Å². The van der Waals surface area contributed by atoms with Gasteiger partial charge in [-0.2, -0.15) is 0 Å². The van der Waals surface area contributed by atoms with Gasteiger partial charge >= 0.3 is 11.9 Å². The Morgan fingerprint density at radius 1 is 1.04 bits per heavy atom. The third kappa shape index (κ3) is 3.66. The Morgan fingerprint density at radius 2 is 1.70 bits per heavy atom. The molecule has 6 nitrogen and oxygen atoms in total. The van der Waals surface area contributed by atoms with Crippen molar-refractivity contribution in [3.8, 4) is 11.3 Å². The fourth-order valence-electron chi connectivity index (χ4n) is 2.33. The molecule has 0 amide bonds. The quantitative estimate of drug-likeness (QED) is 0.852. The van der Waals surface area contributed by atoms with Gasteiger partial charge in [-0.1, -0.05) is 31.2 Å². The third-order valence-electron chi connectivity index (χ3n) is 3.61. The van der Waals surface area contributed by atoms with Crippen molar-refractivity contribution in [1.29, 1.82) is 0 Å². The van der Waals surface area contributed by atoms with Crippen LogP contribution in [0.3, 0.4) is 0 Å². The SMILES string of the molecule is CCc1ccc(-c2ccc(C(=O)O)c(=O)n2CCC(=O)O)cc1. The van der Waals surface area contributed by atoms with Crippen LogP contribution in [0.25, 0.3) is 11.3 Å². The van der Waals surface area contributed by atoms with Gasteiger partial charge in [0, 0.05) is 6.54 Å². The van der Waals surface area contributed by atoms with Crippen molar-refractivity contribution in [2.24, 2.45) is 0 Å². The lowest BCUT2D eigenvalue weighted by molar-refractivity contribution is -0.137. The molecular formula is C17H17NO5. The predicted octanol–water partition coefficient (Wildman–Crippen LogP) is 2.25. The summed E-state index contributed by atoms with van der Waals surface area (Å²) in [6.07, 6.45) is 0.618. The molecule has 0 unspecified atom stereocenters. The molecule has 0 fully saturated rings. The second kappa shape index (κ2) is 6.91. The molecular weight excluding hydrogens is 298 g/mol. The van der Waals surface area contributed by atoms with Crippen LogP contribution in [0, 0.1) is 0 Å². The number of carboxylic acids is 2. The minimum Gasteiger partial charge on any atom is -0.481 e. The number of aromatic nitrogens is 1. The number of hydrogen-bond donors (Lipinski definition) is 2. The molecule has 0 atom stereocenters. The highest BCUT2D eigenvalue weighted by Gasteiger charge is 2.15. The topological polar surface area (TPSA) is 96.6 Å². The summed E-state index contributed by atoms with van der Waals surface area (Å²) in [5.41, 5.74) is 1.31. The van der Waals surface area contributed by atoms with Gasteiger partial charge in [-0.15, -0.1) is 0 Å². The third-order valence-corrected chi connectivity index (χ3v) is 3.61. The molecule has 0 aliphatic rings. The lowest BCUT2D eigenvalue weighted by Gasteiger charge is -2.13. The van der Waals surface area contributed by atoms with Crippen molar-refractivity contribution in [3.63, 3.8) is 0 Å². The Hall–Kier alpha value is -2.89. The predicted molar refractivity (Wildman–Crippen MR) is 84.7 cm³/mol. The molecule has 23 heavy (non-hydrogen) atoms. The van der Waals surface area contributed by atoms with Crippen molar-refractivity contribution in [2.45, 2.75) is 26.3 Å². The first-order valence-electron chi connectivity index (χ1n) is 7.22. The highest BCUT2D eigenvalue weighted by atomic mass is 16.4. The summed E-state index contributed by atoms with van der Waals surface area (Å²) in [5.74, 6) is -2.38. The molecule has 0 spiro atoms. The minimum atomic E-state index is -1.33. The molecule has 0 aliphatic carbocycles. The number of nitrogens with zero attached hydrogens (tertiary/aromatic N) is 1. The minimum absolute atomic E-state index is 0.0832. The summed E-state index contributed by atoms with van der Waals surface area (Å²) in [6.45, 7) is 1.94. The van der Waals surface area contributed by atoms with Crippen LogP contribution in [-0.2, 0) is 17.8 Å². The summed E-state index contributed by atoms with van der Waals surface area (Å²) in [5, 5.41) is 17.9. The van der Waals surface area contributed by atoms with Crippen molar-refractivity contribution < 1.29 is 19.8 Å². The summed E-state index contributed by atoms with van der Waals surface area (Å²) in [7, 11) is 0. The Bertz CT molecular complexity index is 790. The van der Waals surface area contributed by atoms with Crippen molar-refractivity contribution >= 4 is 11.9 Å². The lowest BCUT2D eigenvalue weighted by Crippen LogP contribution is -2.28. The summed E-state index contributed by atoms with van der Waals surface area (Å²) < 4.78 is 1.21. The largest absolute Gasteiger partial charge is 0.481 e. The Morgan fingerprint density at radius 3 is 2.22 bits per heavy atom. The van der Waals surface area contributed by atoms with Crippen molar-refractivity contribution in [3.05, 3.63) is 57.9 Å². The van der Waals surface area contributed by atoms with E-state index in [4.69, 9.17) is 10.2 Å². The smallest absolute Gasteiger partial charge is 0.341 e. The first-order valence-corrected chi connectivity index (χ1v) is 7.22. The number of aromatic carboxylic acids is 1. The van der Waals surface area contributed by atoms with Crippen LogP contribution < -0.4 is 5.56 Å².